The van der Waals surface area contributed by atoms with E-state index >= 15 is 0 Å². The van der Waals surface area contributed by atoms with Crippen LogP contribution in [0, 0.1) is 5.92 Å². The first-order chi connectivity index (χ1) is 15.2. The minimum absolute atomic E-state index is 0. The maximum Gasteiger partial charge on any atom is 0.191 e. The average Bonchev–Trinajstić information content (AvgIpc) is 2.82. The number of piperazine rings is 1. The summed E-state index contributed by atoms with van der Waals surface area (Å²) in [7, 11) is 0. The van der Waals surface area contributed by atoms with Crippen LogP contribution in [0.15, 0.2) is 4.99 Å². The zero-order valence-corrected chi connectivity index (χ0v) is 23.6. The number of unbranched alkanes of at least 4 members (excludes halogenated alkanes) is 1. The third kappa shape index (κ3) is 10.8. The van der Waals surface area contributed by atoms with Gasteiger partial charge in [0, 0.05) is 58.4 Å². The largest absolute Gasteiger partial charge is 0.379 e. The van der Waals surface area contributed by atoms with Gasteiger partial charge in [0.15, 0.2) is 5.96 Å². The van der Waals surface area contributed by atoms with E-state index in [9.17, 15) is 0 Å². The van der Waals surface area contributed by atoms with Crippen LogP contribution in [-0.2, 0) is 4.74 Å². The van der Waals surface area contributed by atoms with Crippen LogP contribution in [-0.4, -0.2) is 112 Å². The number of hydrogen-bond acceptors (Lipinski definition) is 5. The fourth-order valence-corrected chi connectivity index (χ4v) is 4.83. The molecule has 7 nitrogen and oxygen atoms in total. The molecule has 2 fully saturated rings. The van der Waals surface area contributed by atoms with E-state index in [4.69, 9.17) is 9.73 Å². The number of likely N-dealkylation sites (N-methyl/N-ethyl adjacent to an activating group) is 1. The molecule has 2 rings (SSSR count). The number of halogens is 1. The molecule has 2 aliphatic rings. The van der Waals surface area contributed by atoms with E-state index in [1.165, 1.54) is 65.0 Å². The van der Waals surface area contributed by atoms with Crippen molar-refractivity contribution >= 4 is 29.9 Å². The maximum absolute atomic E-state index is 5.58. The van der Waals surface area contributed by atoms with Crippen LogP contribution in [0.1, 0.15) is 53.4 Å². The maximum atomic E-state index is 5.58. The molecule has 0 aromatic carbocycles. The van der Waals surface area contributed by atoms with Gasteiger partial charge in [0.05, 0.1) is 19.8 Å². The van der Waals surface area contributed by atoms with Crippen LogP contribution < -0.4 is 10.6 Å². The van der Waals surface area contributed by atoms with Gasteiger partial charge in [-0.25, -0.2) is 0 Å². The molecule has 0 radical (unpaired) electrons. The van der Waals surface area contributed by atoms with Crippen LogP contribution in [0.25, 0.3) is 0 Å². The standard InChI is InChI=1S/C24H50N6O.HI/c1-5-22(6-2)23(30-17-19-31-20-18-30)21-27-24(25-7-3)26-11-9-10-12-29-15-13-28(8-4)14-16-29;/h22-23H,5-21H2,1-4H3,(H2,25,26,27);1H. The van der Waals surface area contributed by atoms with Gasteiger partial charge < -0.3 is 25.2 Å². The van der Waals surface area contributed by atoms with Gasteiger partial charge >= 0.3 is 0 Å². The summed E-state index contributed by atoms with van der Waals surface area (Å²) in [5.74, 6) is 1.67. The molecule has 0 amide bonds. The van der Waals surface area contributed by atoms with Crippen molar-refractivity contribution in [3.05, 3.63) is 0 Å². The zero-order chi connectivity index (χ0) is 22.3. The Labute approximate surface area is 215 Å². The molecule has 0 aromatic heterocycles. The van der Waals surface area contributed by atoms with Gasteiger partial charge in [-0.3, -0.25) is 9.89 Å². The summed E-state index contributed by atoms with van der Waals surface area (Å²) in [5.41, 5.74) is 0. The molecule has 2 aliphatic heterocycles. The van der Waals surface area contributed by atoms with Crippen LogP contribution in [0.2, 0.25) is 0 Å². The molecule has 32 heavy (non-hydrogen) atoms. The fourth-order valence-electron chi connectivity index (χ4n) is 4.83. The highest BCUT2D eigenvalue weighted by Gasteiger charge is 2.26. The van der Waals surface area contributed by atoms with Crippen molar-refractivity contribution in [1.29, 1.82) is 0 Å². The minimum Gasteiger partial charge on any atom is -0.379 e. The third-order valence-corrected chi connectivity index (χ3v) is 6.99. The molecule has 0 aliphatic carbocycles. The van der Waals surface area contributed by atoms with Crippen molar-refractivity contribution in [2.45, 2.75) is 59.4 Å². The second-order valence-corrected chi connectivity index (χ2v) is 8.92. The first-order valence-corrected chi connectivity index (χ1v) is 13.0. The van der Waals surface area contributed by atoms with Crippen molar-refractivity contribution in [3.63, 3.8) is 0 Å². The lowest BCUT2D eigenvalue weighted by atomic mass is 9.92. The van der Waals surface area contributed by atoms with Gasteiger partial charge in [0.2, 0.25) is 0 Å². The third-order valence-electron chi connectivity index (χ3n) is 6.99. The van der Waals surface area contributed by atoms with Crippen molar-refractivity contribution < 1.29 is 4.74 Å². The molecule has 2 heterocycles. The Hall–Kier alpha value is -0.160. The van der Waals surface area contributed by atoms with Gasteiger partial charge in [0.25, 0.3) is 0 Å². The molecule has 190 valence electrons. The van der Waals surface area contributed by atoms with Crippen molar-refractivity contribution in [1.82, 2.24) is 25.3 Å². The van der Waals surface area contributed by atoms with Crippen molar-refractivity contribution in [2.75, 3.05) is 85.2 Å². The van der Waals surface area contributed by atoms with Crippen molar-refractivity contribution in [3.8, 4) is 0 Å². The Morgan fingerprint density at radius 2 is 1.53 bits per heavy atom. The van der Waals surface area contributed by atoms with E-state index < -0.39 is 0 Å². The monoisotopic (exact) mass is 566 g/mol. The number of guanidine groups is 1. The number of nitrogens with zero attached hydrogens (tertiary/aromatic N) is 4. The molecule has 0 spiro atoms. The first-order valence-electron chi connectivity index (χ1n) is 13.0. The Bertz CT molecular complexity index is 477. The molecular weight excluding hydrogens is 515 g/mol. The Morgan fingerprint density at radius 3 is 2.12 bits per heavy atom. The van der Waals surface area contributed by atoms with Gasteiger partial charge in [0.1, 0.15) is 0 Å². The molecule has 8 heteroatoms. The SMILES string of the molecule is CCNC(=NCC(C(CC)CC)N1CCOCC1)NCCCCN1CCN(CC)CC1.I. The predicted molar refractivity (Wildman–Crippen MR) is 147 cm³/mol. The van der Waals surface area contributed by atoms with Crippen molar-refractivity contribution in [2.24, 2.45) is 10.9 Å². The first kappa shape index (κ1) is 29.9. The number of rotatable bonds is 13. The lowest BCUT2D eigenvalue weighted by Crippen LogP contribution is -2.49. The topological polar surface area (TPSA) is 55.4 Å². The lowest BCUT2D eigenvalue weighted by Gasteiger charge is -2.38. The molecule has 1 unspecified atom stereocenters. The van der Waals surface area contributed by atoms with Gasteiger partial charge in [-0.05, 0) is 38.8 Å². The van der Waals surface area contributed by atoms with Gasteiger partial charge in [-0.15, -0.1) is 24.0 Å². The summed E-state index contributed by atoms with van der Waals surface area (Å²) in [6, 6.07) is 0.510. The minimum atomic E-state index is 0. The van der Waals surface area contributed by atoms with Crippen LogP contribution in [0.5, 0.6) is 0 Å². The number of morpholine rings is 1. The predicted octanol–water partition coefficient (Wildman–Crippen LogP) is 2.71. The van der Waals surface area contributed by atoms with E-state index in [-0.39, 0.29) is 24.0 Å². The molecule has 1 atom stereocenters. The highest BCUT2D eigenvalue weighted by atomic mass is 127. The quantitative estimate of drug-likeness (QED) is 0.155. The Kier molecular flexibility index (Phi) is 17.0. The molecule has 2 saturated heterocycles. The lowest BCUT2D eigenvalue weighted by molar-refractivity contribution is 0.00395. The number of ether oxygens (including phenoxy) is 1. The Morgan fingerprint density at radius 1 is 0.875 bits per heavy atom. The summed E-state index contributed by atoms with van der Waals surface area (Å²) in [5, 5.41) is 7.02. The smallest absolute Gasteiger partial charge is 0.191 e. The van der Waals surface area contributed by atoms with Crippen LogP contribution in [0.4, 0.5) is 0 Å². The second-order valence-electron chi connectivity index (χ2n) is 8.92. The summed E-state index contributed by atoms with van der Waals surface area (Å²) in [4.78, 5) is 12.8. The summed E-state index contributed by atoms with van der Waals surface area (Å²) >= 11 is 0. The normalized spacial score (nSPS) is 20.2. The molecule has 0 bridgehead atoms. The van der Waals surface area contributed by atoms with E-state index in [0.29, 0.717) is 12.0 Å². The summed E-state index contributed by atoms with van der Waals surface area (Å²) in [6.45, 7) is 22.9. The van der Waals surface area contributed by atoms with Gasteiger partial charge in [-0.2, -0.15) is 0 Å². The zero-order valence-electron chi connectivity index (χ0n) is 21.3. The number of hydrogen-bond donors (Lipinski definition) is 2. The van der Waals surface area contributed by atoms with E-state index in [0.717, 1.165) is 51.9 Å². The summed E-state index contributed by atoms with van der Waals surface area (Å²) in [6.07, 6.45) is 4.87. The number of aliphatic imine (C=N–C) groups is 1. The van der Waals surface area contributed by atoms with Gasteiger partial charge in [-0.1, -0.05) is 33.6 Å². The molecule has 0 saturated carbocycles. The van der Waals surface area contributed by atoms with E-state index in [1.807, 2.05) is 0 Å². The van der Waals surface area contributed by atoms with E-state index in [2.05, 4.69) is 53.0 Å². The molecule has 0 aromatic rings. The highest BCUT2D eigenvalue weighted by molar-refractivity contribution is 14.0. The Balaban J connectivity index is 0.00000512. The van der Waals surface area contributed by atoms with E-state index in [1.54, 1.807) is 0 Å². The molecule has 2 N–H and O–H groups in total. The molecular formula is C24H51IN6O. The highest BCUT2D eigenvalue weighted by Crippen LogP contribution is 2.20. The summed E-state index contributed by atoms with van der Waals surface area (Å²) < 4.78 is 5.58. The second kappa shape index (κ2) is 18.2. The number of nitrogens with one attached hydrogen (secondary N) is 2. The fraction of sp³-hybridized carbons (Fsp3) is 0.958. The van der Waals surface area contributed by atoms with Crippen LogP contribution >= 0.6 is 24.0 Å². The average molecular weight is 567 g/mol. The van der Waals surface area contributed by atoms with Crippen LogP contribution in [0.3, 0.4) is 0 Å².